The lowest BCUT2D eigenvalue weighted by atomic mass is 9.89. The normalized spacial score (nSPS) is 14.3. The third-order valence-electron chi connectivity index (χ3n) is 4.87. The minimum absolute atomic E-state index is 0.359. The molecule has 0 spiro atoms. The molecule has 3 rings (SSSR count). The summed E-state index contributed by atoms with van der Waals surface area (Å²) in [5, 5.41) is 0. The smallest absolute Gasteiger partial charge is 0.339 e. The van der Waals surface area contributed by atoms with Crippen molar-refractivity contribution in [3.8, 4) is 16.9 Å². The van der Waals surface area contributed by atoms with Gasteiger partial charge in [-0.2, -0.15) is 0 Å². The fraction of sp³-hybridized carbons (Fsp3) is 0.417. The van der Waals surface area contributed by atoms with Crippen molar-refractivity contribution < 1.29 is 28.5 Å². The van der Waals surface area contributed by atoms with Crippen molar-refractivity contribution >= 4 is 11.9 Å². The van der Waals surface area contributed by atoms with Crippen molar-refractivity contribution in [2.75, 3.05) is 20.8 Å². The molecular formula is C24H28O6. The van der Waals surface area contributed by atoms with Crippen LogP contribution in [0.25, 0.3) is 11.1 Å². The molecule has 0 fully saturated rings. The van der Waals surface area contributed by atoms with Crippen LogP contribution in [0.3, 0.4) is 0 Å². The number of rotatable bonds is 5. The molecule has 0 N–H and O–H groups in total. The third-order valence-corrected chi connectivity index (χ3v) is 4.87. The molecule has 0 amide bonds. The fourth-order valence-corrected chi connectivity index (χ4v) is 3.61. The topological polar surface area (TPSA) is 71.1 Å². The maximum Gasteiger partial charge on any atom is 0.339 e. The predicted octanol–water partition coefficient (Wildman–Crippen LogP) is 4.49. The monoisotopic (exact) mass is 412 g/mol. The highest BCUT2D eigenvalue weighted by molar-refractivity contribution is 5.99. The summed E-state index contributed by atoms with van der Waals surface area (Å²) in [4.78, 5) is 25.3. The molecule has 1 unspecified atom stereocenters. The molecule has 1 atom stereocenters. The van der Waals surface area contributed by atoms with Gasteiger partial charge in [0.25, 0.3) is 0 Å². The van der Waals surface area contributed by atoms with E-state index in [0.29, 0.717) is 23.3 Å². The van der Waals surface area contributed by atoms with Gasteiger partial charge < -0.3 is 18.9 Å². The van der Waals surface area contributed by atoms with Crippen molar-refractivity contribution in [3.63, 3.8) is 0 Å². The average Bonchev–Trinajstić information content (AvgIpc) is 2.74. The summed E-state index contributed by atoms with van der Waals surface area (Å²) in [6.45, 7) is 6.29. The van der Waals surface area contributed by atoms with E-state index in [0.717, 1.165) is 29.7 Å². The summed E-state index contributed by atoms with van der Waals surface area (Å²) in [6.07, 6.45) is 0.819. The maximum atomic E-state index is 12.7. The van der Waals surface area contributed by atoms with E-state index < -0.39 is 23.6 Å². The van der Waals surface area contributed by atoms with Crippen LogP contribution in [0.2, 0.25) is 0 Å². The third kappa shape index (κ3) is 4.65. The number of esters is 2. The highest BCUT2D eigenvalue weighted by Gasteiger charge is 2.32. The Kier molecular flexibility index (Phi) is 6.46. The molecule has 0 radical (unpaired) electrons. The number of benzene rings is 2. The van der Waals surface area contributed by atoms with E-state index in [-0.39, 0.29) is 0 Å². The highest BCUT2D eigenvalue weighted by Crippen LogP contribution is 2.38. The quantitative estimate of drug-likeness (QED) is 0.674. The first-order chi connectivity index (χ1) is 14.2. The first-order valence-electron chi connectivity index (χ1n) is 9.98. The average molecular weight is 412 g/mol. The van der Waals surface area contributed by atoms with Crippen LogP contribution in [0.5, 0.6) is 5.75 Å². The van der Waals surface area contributed by atoms with Crippen LogP contribution in [-0.2, 0) is 25.4 Å². The Hall–Kier alpha value is -2.86. The molecule has 0 aromatic heterocycles. The number of hydrogen-bond donors (Lipinski definition) is 0. The van der Waals surface area contributed by atoms with E-state index in [2.05, 4.69) is 0 Å². The number of carbonyl (C=O) groups excluding carboxylic acids is 2. The number of hydrogen-bond acceptors (Lipinski definition) is 6. The van der Waals surface area contributed by atoms with Crippen molar-refractivity contribution in [2.24, 2.45) is 0 Å². The molecule has 2 aromatic carbocycles. The van der Waals surface area contributed by atoms with Crippen LogP contribution < -0.4 is 4.74 Å². The zero-order chi connectivity index (χ0) is 21.9. The number of ether oxygens (including phenoxy) is 4. The lowest BCUT2D eigenvalue weighted by Gasteiger charge is -2.28. The summed E-state index contributed by atoms with van der Waals surface area (Å²) in [5.41, 5.74) is 2.75. The van der Waals surface area contributed by atoms with E-state index in [1.165, 1.54) is 14.2 Å². The van der Waals surface area contributed by atoms with Crippen LogP contribution in [0.1, 0.15) is 54.8 Å². The van der Waals surface area contributed by atoms with Gasteiger partial charge in [-0.15, -0.1) is 0 Å². The Balaban J connectivity index is 2.23. The van der Waals surface area contributed by atoms with Crippen LogP contribution in [0.4, 0.5) is 0 Å². The summed E-state index contributed by atoms with van der Waals surface area (Å²) in [6, 6.07) is 11.0. The van der Waals surface area contributed by atoms with E-state index in [9.17, 15) is 9.59 Å². The predicted molar refractivity (Wildman–Crippen MR) is 113 cm³/mol. The minimum atomic E-state index is -0.998. The van der Waals surface area contributed by atoms with E-state index in [4.69, 9.17) is 18.9 Å². The molecule has 1 aliphatic rings. The second-order valence-electron chi connectivity index (χ2n) is 8.17. The number of methoxy groups -OCH3 is 2. The van der Waals surface area contributed by atoms with Gasteiger partial charge in [-0.1, -0.05) is 18.2 Å². The molecule has 1 aliphatic heterocycles. The summed E-state index contributed by atoms with van der Waals surface area (Å²) >= 11 is 0. The summed E-state index contributed by atoms with van der Waals surface area (Å²) < 4.78 is 21.8. The zero-order valence-electron chi connectivity index (χ0n) is 18.1. The molecule has 0 bridgehead atoms. The standard InChI is InChI=1S/C24H28O6/c1-24(2,3)30-21(23(26)28-5)17-9-6-10-18(22(25)27-4)20(17)16-11-12-19-15(14-16)8-7-13-29-19/h6,9-12,14,21H,7-8,13H2,1-5H3. The number of fused-ring (bicyclic) bond motifs is 1. The van der Waals surface area contributed by atoms with E-state index >= 15 is 0 Å². The van der Waals surface area contributed by atoms with Crippen LogP contribution >= 0.6 is 0 Å². The van der Waals surface area contributed by atoms with Crippen molar-refractivity contribution in [2.45, 2.75) is 45.3 Å². The molecule has 6 nitrogen and oxygen atoms in total. The molecular weight excluding hydrogens is 384 g/mol. The van der Waals surface area contributed by atoms with Gasteiger partial charge in [0.1, 0.15) is 5.75 Å². The van der Waals surface area contributed by atoms with Gasteiger partial charge >= 0.3 is 11.9 Å². The van der Waals surface area contributed by atoms with Crippen molar-refractivity contribution in [1.82, 2.24) is 0 Å². The van der Waals surface area contributed by atoms with Gasteiger partial charge in [0.15, 0.2) is 6.10 Å². The SMILES string of the molecule is COC(=O)c1cccc(C(OC(C)(C)C)C(=O)OC)c1-c1ccc2c(c1)CCCO2. The Bertz CT molecular complexity index is 941. The van der Waals surface area contributed by atoms with Gasteiger partial charge in [-0.25, -0.2) is 9.59 Å². The van der Waals surface area contributed by atoms with Gasteiger partial charge in [0.05, 0.1) is 32.0 Å². The van der Waals surface area contributed by atoms with Gasteiger partial charge in [-0.3, -0.25) is 0 Å². The molecule has 160 valence electrons. The summed E-state index contributed by atoms with van der Waals surface area (Å²) in [7, 11) is 2.66. The Labute approximate surface area is 177 Å². The summed E-state index contributed by atoms with van der Waals surface area (Å²) in [5.74, 6) is -0.174. The Morgan fingerprint density at radius 2 is 1.83 bits per heavy atom. The van der Waals surface area contributed by atoms with E-state index in [1.54, 1.807) is 18.2 Å². The Morgan fingerprint density at radius 1 is 1.07 bits per heavy atom. The minimum Gasteiger partial charge on any atom is -0.493 e. The van der Waals surface area contributed by atoms with Crippen LogP contribution in [-0.4, -0.2) is 38.4 Å². The van der Waals surface area contributed by atoms with Crippen molar-refractivity contribution in [3.05, 3.63) is 53.1 Å². The van der Waals surface area contributed by atoms with Crippen LogP contribution in [0, 0.1) is 0 Å². The lowest BCUT2D eigenvalue weighted by Crippen LogP contribution is -2.29. The van der Waals surface area contributed by atoms with Gasteiger partial charge in [0, 0.05) is 11.1 Å². The molecule has 1 heterocycles. The fourth-order valence-electron chi connectivity index (χ4n) is 3.61. The molecule has 30 heavy (non-hydrogen) atoms. The Morgan fingerprint density at radius 3 is 2.50 bits per heavy atom. The largest absolute Gasteiger partial charge is 0.493 e. The first-order valence-corrected chi connectivity index (χ1v) is 9.98. The molecule has 0 saturated carbocycles. The molecule has 2 aromatic rings. The number of carbonyl (C=O) groups is 2. The molecule has 0 saturated heterocycles. The van der Waals surface area contributed by atoms with E-state index in [1.807, 2.05) is 39.0 Å². The lowest BCUT2D eigenvalue weighted by molar-refractivity contribution is -0.164. The first kappa shape index (κ1) is 21.8. The maximum absolute atomic E-state index is 12.7. The van der Waals surface area contributed by atoms with Gasteiger partial charge in [-0.05, 0) is 62.9 Å². The van der Waals surface area contributed by atoms with Crippen LogP contribution in [0.15, 0.2) is 36.4 Å². The molecule has 0 aliphatic carbocycles. The second-order valence-corrected chi connectivity index (χ2v) is 8.17. The van der Waals surface area contributed by atoms with Crippen molar-refractivity contribution in [1.29, 1.82) is 0 Å². The second kappa shape index (κ2) is 8.88. The molecule has 6 heteroatoms. The van der Waals surface area contributed by atoms with Gasteiger partial charge in [0.2, 0.25) is 0 Å². The zero-order valence-corrected chi connectivity index (χ0v) is 18.1. The number of aryl methyl sites for hydroxylation is 1. The highest BCUT2D eigenvalue weighted by atomic mass is 16.6.